The highest BCUT2D eigenvalue weighted by Gasteiger charge is 2.38. The van der Waals surface area contributed by atoms with Crippen molar-refractivity contribution in [2.45, 2.75) is 57.9 Å². The maximum atomic E-state index is 13.2. The third-order valence-electron chi connectivity index (χ3n) is 7.79. The second-order valence-electron chi connectivity index (χ2n) is 12.0. The van der Waals surface area contributed by atoms with Crippen LogP contribution in [0.4, 0.5) is 5.82 Å². The number of anilines is 1. The Morgan fingerprint density at radius 3 is 1.96 bits per heavy atom. The lowest BCUT2D eigenvalue weighted by molar-refractivity contribution is 0.0897. The maximum Gasteiger partial charge on any atom is 0.356 e. The topological polar surface area (TPSA) is 130 Å². The normalized spacial score (nSPS) is 12.9. The van der Waals surface area contributed by atoms with Crippen LogP contribution in [0, 0.1) is 0 Å². The molecule has 0 saturated heterocycles. The van der Waals surface area contributed by atoms with E-state index in [1.807, 2.05) is 65.2 Å². The van der Waals surface area contributed by atoms with Crippen LogP contribution in [-0.4, -0.2) is 63.5 Å². The Labute approximate surface area is 281 Å². The Kier molecular flexibility index (Phi) is 11.6. The SMILES string of the molecule is COc1ccc(C(Nc2ncnc3c2ncn3C(CO)CCOCP(=O)(OC(C)C)OC(C)C)(c2ccccc2)c2ccccc2)cc1. The number of rotatable bonds is 17. The Bertz CT molecular complexity index is 1730. The maximum absolute atomic E-state index is 13.2. The molecule has 0 bridgehead atoms. The highest BCUT2D eigenvalue weighted by Crippen LogP contribution is 2.50. The Hall–Kier alpha value is -4.12. The van der Waals surface area contributed by atoms with E-state index in [0.29, 0.717) is 23.4 Å². The van der Waals surface area contributed by atoms with Crippen molar-refractivity contribution in [1.82, 2.24) is 19.5 Å². The predicted octanol–water partition coefficient (Wildman–Crippen LogP) is 7.18. The van der Waals surface area contributed by atoms with Crippen LogP contribution >= 0.6 is 7.60 Å². The number of hydrogen-bond acceptors (Lipinski definition) is 10. The second kappa shape index (κ2) is 15.9. The van der Waals surface area contributed by atoms with Crippen molar-refractivity contribution in [3.8, 4) is 5.75 Å². The number of ether oxygens (including phenoxy) is 2. The van der Waals surface area contributed by atoms with Gasteiger partial charge in [-0.05, 0) is 62.9 Å². The van der Waals surface area contributed by atoms with Gasteiger partial charge in [0.05, 0.1) is 38.3 Å². The van der Waals surface area contributed by atoms with Crippen molar-refractivity contribution < 1.29 is 28.2 Å². The van der Waals surface area contributed by atoms with Crippen molar-refractivity contribution in [3.63, 3.8) is 0 Å². The summed E-state index contributed by atoms with van der Waals surface area (Å²) in [4.78, 5) is 14.0. The molecule has 2 N–H and O–H groups in total. The van der Waals surface area contributed by atoms with Gasteiger partial charge >= 0.3 is 7.60 Å². The van der Waals surface area contributed by atoms with Gasteiger partial charge in [-0.2, -0.15) is 0 Å². The molecule has 0 saturated carbocycles. The molecule has 5 rings (SSSR count). The minimum Gasteiger partial charge on any atom is -0.497 e. The van der Waals surface area contributed by atoms with E-state index in [2.05, 4.69) is 39.6 Å². The zero-order chi connectivity index (χ0) is 34.1. The van der Waals surface area contributed by atoms with E-state index in [4.69, 9.17) is 23.5 Å². The average Bonchev–Trinajstić information content (AvgIpc) is 3.52. The summed E-state index contributed by atoms with van der Waals surface area (Å²) in [5.74, 6) is 1.27. The summed E-state index contributed by atoms with van der Waals surface area (Å²) in [6, 6.07) is 27.9. The van der Waals surface area contributed by atoms with E-state index in [9.17, 15) is 9.67 Å². The standard InChI is InChI=1S/C36H44N5O6P/c1-26(2)46-48(43,47-27(3)4)25-45-21-20-31(22-42)41-24-39-33-34(37-23-38-35(33)41)40-36(28-12-8-6-9-13-28,29-14-10-7-11-15-29)30-16-18-32(44-5)19-17-30/h6-19,23-24,26-27,31,42H,20-22,25H2,1-5H3,(H,37,38,40). The molecule has 0 fully saturated rings. The molecule has 0 aliphatic rings. The number of imidazole rings is 1. The van der Waals surface area contributed by atoms with E-state index in [-0.39, 0.29) is 31.8 Å². The lowest BCUT2D eigenvalue weighted by atomic mass is 9.77. The molecule has 2 heterocycles. The van der Waals surface area contributed by atoms with Crippen LogP contribution in [0.5, 0.6) is 5.75 Å². The van der Waals surface area contributed by atoms with Crippen LogP contribution in [-0.2, 0) is 23.9 Å². The zero-order valence-electron chi connectivity index (χ0n) is 28.0. The first-order valence-corrected chi connectivity index (χ1v) is 17.8. The van der Waals surface area contributed by atoms with Gasteiger partial charge in [-0.1, -0.05) is 72.8 Å². The van der Waals surface area contributed by atoms with Gasteiger partial charge in [0.15, 0.2) is 11.5 Å². The highest BCUT2D eigenvalue weighted by molar-refractivity contribution is 7.53. The van der Waals surface area contributed by atoms with Gasteiger partial charge in [0.25, 0.3) is 0 Å². The van der Waals surface area contributed by atoms with Gasteiger partial charge in [0.1, 0.15) is 29.5 Å². The van der Waals surface area contributed by atoms with E-state index < -0.39 is 19.2 Å². The molecule has 0 aliphatic heterocycles. The van der Waals surface area contributed by atoms with Crippen molar-refractivity contribution in [1.29, 1.82) is 0 Å². The molecule has 254 valence electrons. The van der Waals surface area contributed by atoms with Crippen LogP contribution in [0.3, 0.4) is 0 Å². The molecule has 0 aliphatic carbocycles. The molecule has 2 aromatic heterocycles. The first-order valence-electron chi connectivity index (χ1n) is 16.0. The van der Waals surface area contributed by atoms with E-state index in [1.54, 1.807) is 41.1 Å². The number of hydrogen-bond donors (Lipinski definition) is 2. The number of nitrogens with one attached hydrogen (secondary N) is 1. The number of aromatic nitrogens is 4. The summed E-state index contributed by atoms with van der Waals surface area (Å²) in [5.41, 5.74) is 3.19. The van der Waals surface area contributed by atoms with Gasteiger partial charge in [-0.3, -0.25) is 4.57 Å². The lowest BCUT2D eigenvalue weighted by Gasteiger charge is -2.37. The molecule has 5 aromatic rings. The molecule has 0 radical (unpaired) electrons. The summed E-state index contributed by atoms with van der Waals surface area (Å²) >= 11 is 0. The first kappa shape index (κ1) is 35.2. The van der Waals surface area contributed by atoms with Gasteiger partial charge in [-0.15, -0.1) is 0 Å². The highest BCUT2D eigenvalue weighted by atomic mass is 31.2. The molecule has 3 aromatic carbocycles. The largest absolute Gasteiger partial charge is 0.497 e. The smallest absolute Gasteiger partial charge is 0.356 e. The van der Waals surface area contributed by atoms with Gasteiger partial charge in [-0.25, -0.2) is 15.0 Å². The number of fused-ring (bicyclic) bond motifs is 1. The molecular formula is C36H44N5O6P. The molecule has 12 heteroatoms. The van der Waals surface area contributed by atoms with Crippen molar-refractivity contribution in [2.75, 3.05) is 32.0 Å². The minimum absolute atomic E-state index is 0.186. The van der Waals surface area contributed by atoms with Crippen LogP contribution < -0.4 is 10.1 Å². The molecule has 1 unspecified atom stereocenters. The van der Waals surface area contributed by atoms with E-state index in [1.165, 1.54) is 6.33 Å². The molecular weight excluding hydrogens is 629 g/mol. The number of methoxy groups -OCH3 is 1. The van der Waals surface area contributed by atoms with E-state index in [0.717, 1.165) is 22.4 Å². The number of aliphatic hydroxyl groups excluding tert-OH is 1. The number of benzene rings is 3. The summed E-state index contributed by atoms with van der Waals surface area (Å²) < 4.78 is 37.4. The van der Waals surface area contributed by atoms with Crippen molar-refractivity contribution >= 4 is 24.6 Å². The Morgan fingerprint density at radius 1 is 0.833 bits per heavy atom. The predicted molar refractivity (Wildman–Crippen MR) is 186 cm³/mol. The molecule has 48 heavy (non-hydrogen) atoms. The first-order chi connectivity index (χ1) is 23.2. The zero-order valence-corrected chi connectivity index (χ0v) is 28.9. The molecule has 11 nitrogen and oxygen atoms in total. The minimum atomic E-state index is -3.45. The number of aliphatic hydroxyl groups is 1. The van der Waals surface area contributed by atoms with Crippen LogP contribution in [0.25, 0.3) is 11.2 Å². The lowest BCUT2D eigenvalue weighted by Crippen LogP contribution is -2.38. The Morgan fingerprint density at radius 2 is 1.42 bits per heavy atom. The molecule has 0 amide bonds. The summed E-state index contributed by atoms with van der Waals surface area (Å²) in [5, 5.41) is 14.2. The monoisotopic (exact) mass is 673 g/mol. The summed E-state index contributed by atoms with van der Waals surface area (Å²) in [6.45, 7) is 7.22. The fourth-order valence-corrected chi connectivity index (χ4v) is 7.57. The summed E-state index contributed by atoms with van der Waals surface area (Å²) in [6.07, 6.45) is 2.80. The quantitative estimate of drug-likeness (QED) is 0.0595. The number of nitrogens with zero attached hydrogens (tertiary/aromatic N) is 4. The fraction of sp³-hybridized carbons (Fsp3) is 0.361. The average molecular weight is 674 g/mol. The van der Waals surface area contributed by atoms with Gasteiger partial charge in [0.2, 0.25) is 0 Å². The van der Waals surface area contributed by atoms with E-state index >= 15 is 0 Å². The second-order valence-corrected chi connectivity index (χ2v) is 13.9. The Balaban J connectivity index is 1.48. The van der Waals surface area contributed by atoms with Gasteiger partial charge in [0, 0.05) is 6.61 Å². The fourth-order valence-electron chi connectivity index (χ4n) is 5.76. The molecule has 0 spiro atoms. The van der Waals surface area contributed by atoms with Crippen LogP contribution in [0.1, 0.15) is 56.8 Å². The summed E-state index contributed by atoms with van der Waals surface area (Å²) in [7, 11) is -1.80. The molecule has 1 atom stereocenters. The van der Waals surface area contributed by atoms with Crippen molar-refractivity contribution in [2.24, 2.45) is 0 Å². The third-order valence-corrected chi connectivity index (χ3v) is 9.78. The third kappa shape index (κ3) is 7.94. The van der Waals surface area contributed by atoms with Crippen LogP contribution in [0.15, 0.2) is 97.6 Å². The van der Waals surface area contributed by atoms with Crippen molar-refractivity contribution in [3.05, 3.63) is 114 Å². The van der Waals surface area contributed by atoms with Gasteiger partial charge < -0.3 is 33.5 Å². The van der Waals surface area contributed by atoms with Crippen LogP contribution in [0.2, 0.25) is 0 Å².